The Labute approximate surface area is 239 Å². The predicted octanol–water partition coefficient (Wildman–Crippen LogP) is 3.95. The number of nitrogens with one attached hydrogen (secondary N) is 2. The molecule has 11 heteroatoms. The van der Waals surface area contributed by atoms with E-state index in [-0.39, 0.29) is 17.3 Å². The summed E-state index contributed by atoms with van der Waals surface area (Å²) in [6.07, 6.45) is 4.74. The van der Waals surface area contributed by atoms with Crippen LogP contribution < -0.4 is 16.4 Å². The Morgan fingerprint density at radius 3 is 2.34 bits per heavy atom. The largest absolute Gasteiger partial charge is 0.364 e. The van der Waals surface area contributed by atoms with E-state index in [0.29, 0.717) is 29.2 Å². The van der Waals surface area contributed by atoms with Gasteiger partial charge >= 0.3 is 0 Å². The van der Waals surface area contributed by atoms with Gasteiger partial charge in [-0.05, 0) is 49.2 Å². The Morgan fingerprint density at radius 2 is 1.71 bits per heavy atom. The highest BCUT2D eigenvalue weighted by atomic mass is 19.1. The minimum atomic E-state index is -0.679. The van der Waals surface area contributed by atoms with Crippen LogP contribution in [-0.2, 0) is 19.9 Å². The molecule has 4 N–H and O–H groups in total. The third-order valence-electron chi connectivity index (χ3n) is 7.31. The molecule has 1 amide bonds. The first-order valence-corrected chi connectivity index (χ1v) is 13.8. The smallest absolute Gasteiger partial charge is 0.271 e. The summed E-state index contributed by atoms with van der Waals surface area (Å²) in [5, 5.41) is 10.5. The maximum atomic E-state index is 15.1. The minimum Gasteiger partial charge on any atom is -0.364 e. The quantitative estimate of drug-likeness (QED) is 0.268. The molecule has 0 radical (unpaired) electrons. The fourth-order valence-corrected chi connectivity index (χ4v) is 4.87. The highest BCUT2D eigenvalue weighted by Crippen LogP contribution is 2.28. The highest BCUT2D eigenvalue weighted by Gasteiger charge is 2.18. The Kier molecular flexibility index (Phi) is 8.55. The van der Waals surface area contributed by atoms with Crippen molar-refractivity contribution in [2.75, 3.05) is 50.4 Å². The molecule has 1 saturated heterocycles. The third-order valence-corrected chi connectivity index (χ3v) is 7.31. The summed E-state index contributed by atoms with van der Waals surface area (Å²) in [6, 6.07) is 13.0. The van der Waals surface area contributed by atoms with Crippen molar-refractivity contribution in [2.24, 2.45) is 12.8 Å². The first-order chi connectivity index (χ1) is 19.8. The number of amides is 1. The van der Waals surface area contributed by atoms with E-state index < -0.39 is 5.91 Å². The van der Waals surface area contributed by atoms with Crippen LogP contribution in [0.5, 0.6) is 0 Å². The molecule has 1 aliphatic rings. The van der Waals surface area contributed by atoms with E-state index in [1.54, 1.807) is 30.2 Å². The van der Waals surface area contributed by atoms with Crippen LogP contribution in [0.25, 0.3) is 11.1 Å². The van der Waals surface area contributed by atoms with Gasteiger partial charge in [-0.15, -0.1) is 0 Å². The standard InChI is InChI=1S/C30H36FN9O/c1-4-26-29(37-30(27(36-26)28(32)41)35-23-18-33-39(3)19-23)34-22-8-6-21(7-9-22)24-10-5-20(17-25(24)31)11-12-40-15-13-38(2)14-16-40/h5-10,17-19H,4,11-16H2,1-3H3,(H2,32,41)(H2,34,35,37). The molecule has 4 aromatic rings. The number of aryl methyl sites for hydroxylation is 2. The average molecular weight is 558 g/mol. The number of hydrogen-bond acceptors (Lipinski definition) is 8. The summed E-state index contributed by atoms with van der Waals surface area (Å²) in [5.41, 5.74) is 9.98. The van der Waals surface area contributed by atoms with Gasteiger partial charge in [0.15, 0.2) is 17.3 Å². The van der Waals surface area contributed by atoms with Crippen LogP contribution in [0.15, 0.2) is 54.9 Å². The highest BCUT2D eigenvalue weighted by molar-refractivity contribution is 5.96. The molecule has 2 aromatic heterocycles. The van der Waals surface area contributed by atoms with Gasteiger partial charge in [-0.25, -0.2) is 14.4 Å². The molecule has 0 unspecified atom stereocenters. The molecule has 1 aliphatic heterocycles. The Morgan fingerprint density at radius 1 is 0.976 bits per heavy atom. The van der Waals surface area contributed by atoms with Gasteiger partial charge < -0.3 is 26.2 Å². The van der Waals surface area contributed by atoms with Crippen molar-refractivity contribution in [3.8, 4) is 11.1 Å². The van der Waals surface area contributed by atoms with Crippen molar-refractivity contribution < 1.29 is 9.18 Å². The van der Waals surface area contributed by atoms with Crippen LogP contribution in [-0.4, -0.2) is 75.2 Å². The van der Waals surface area contributed by atoms with Crippen molar-refractivity contribution in [2.45, 2.75) is 19.8 Å². The van der Waals surface area contributed by atoms with E-state index in [2.05, 4.69) is 42.5 Å². The molecule has 0 atom stereocenters. The number of aromatic nitrogens is 4. The first kappa shape index (κ1) is 28.2. The molecule has 0 aliphatic carbocycles. The van der Waals surface area contributed by atoms with Crippen LogP contribution in [0, 0.1) is 5.82 Å². The van der Waals surface area contributed by atoms with Gasteiger partial charge in [-0.1, -0.05) is 31.2 Å². The normalized spacial score (nSPS) is 14.2. The molecule has 3 heterocycles. The number of likely N-dealkylation sites (N-methyl/N-ethyl adjacent to an activating group) is 1. The molecule has 2 aromatic carbocycles. The van der Waals surface area contributed by atoms with Crippen molar-refractivity contribution >= 4 is 28.9 Å². The van der Waals surface area contributed by atoms with Crippen molar-refractivity contribution in [3.05, 3.63) is 77.6 Å². The lowest BCUT2D eigenvalue weighted by molar-refractivity contribution is 0.0996. The number of primary amides is 1. The summed E-state index contributed by atoms with van der Waals surface area (Å²) >= 11 is 0. The van der Waals surface area contributed by atoms with Crippen LogP contribution in [0.2, 0.25) is 0 Å². The van der Waals surface area contributed by atoms with E-state index in [4.69, 9.17) is 5.73 Å². The fourth-order valence-electron chi connectivity index (χ4n) is 4.87. The Hall–Kier alpha value is -4.35. The van der Waals surface area contributed by atoms with Crippen LogP contribution in [0.4, 0.5) is 27.4 Å². The van der Waals surface area contributed by atoms with Crippen LogP contribution in [0.3, 0.4) is 0 Å². The first-order valence-electron chi connectivity index (χ1n) is 13.8. The molecule has 1 fully saturated rings. The number of piperazine rings is 1. The SMILES string of the molecule is CCc1nc(C(N)=O)c(Nc2cnn(C)c2)nc1Nc1ccc(-c2ccc(CCN3CCN(C)CC3)cc2F)cc1. The summed E-state index contributed by atoms with van der Waals surface area (Å²) in [5.74, 6) is -0.181. The number of carbonyl (C=O) groups is 1. The molecule has 0 saturated carbocycles. The number of benzene rings is 2. The summed E-state index contributed by atoms with van der Waals surface area (Å²) in [6.45, 7) is 7.13. The maximum Gasteiger partial charge on any atom is 0.271 e. The number of rotatable bonds is 10. The second-order valence-corrected chi connectivity index (χ2v) is 10.4. The Balaban J connectivity index is 1.30. The maximum absolute atomic E-state index is 15.1. The lowest BCUT2D eigenvalue weighted by Gasteiger charge is -2.32. The van der Waals surface area contributed by atoms with Gasteiger partial charge in [0, 0.05) is 57.2 Å². The van der Waals surface area contributed by atoms with Gasteiger partial charge in [-0.2, -0.15) is 5.10 Å². The number of halogens is 1. The zero-order valence-corrected chi connectivity index (χ0v) is 23.7. The molecule has 0 bridgehead atoms. The van der Waals surface area contributed by atoms with Crippen LogP contribution in [0.1, 0.15) is 28.7 Å². The molecule has 214 valence electrons. The monoisotopic (exact) mass is 557 g/mol. The molecule has 0 spiro atoms. The molecular formula is C30H36FN9O. The second kappa shape index (κ2) is 12.4. The fraction of sp³-hybridized carbons (Fsp3) is 0.333. The lowest BCUT2D eigenvalue weighted by Crippen LogP contribution is -2.45. The number of nitrogens with zero attached hydrogens (tertiary/aromatic N) is 6. The summed E-state index contributed by atoms with van der Waals surface area (Å²) < 4.78 is 16.8. The number of hydrogen-bond donors (Lipinski definition) is 3. The van der Waals surface area contributed by atoms with Gasteiger partial charge in [0.1, 0.15) is 5.82 Å². The number of nitrogens with two attached hydrogens (primary N) is 1. The van der Waals surface area contributed by atoms with E-state index in [1.807, 2.05) is 43.3 Å². The molecular weight excluding hydrogens is 521 g/mol. The number of carbonyl (C=O) groups excluding carboxylic acids is 1. The second-order valence-electron chi connectivity index (χ2n) is 10.4. The predicted molar refractivity (Wildman–Crippen MR) is 159 cm³/mol. The van der Waals surface area contributed by atoms with Gasteiger partial charge in [0.2, 0.25) is 0 Å². The van der Waals surface area contributed by atoms with E-state index in [9.17, 15) is 4.79 Å². The zero-order chi connectivity index (χ0) is 28.9. The van der Waals surface area contributed by atoms with Gasteiger partial charge in [-0.3, -0.25) is 9.48 Å². The molecule has 41 heavy (non-hydrogen) atoms. The Bertz CT molecular complexity index is 1510. The number of anilines is 4. The minimum absolute atomic E-state index is 0.0501. The van der Waals surface area contributed by atoms with Crippen molar-refractivity contribution in [3.63, 3.8) is 0 Å². The van der Waals surface area contributed by atoms with Gasteiger partial charge in [0.05, 0.1) is 17.6 Å². The summed E-state index contributed by atoms with van der Waals surface area (Å²) in [4.78, 5) is 26.0. The molecule has 10 nitrogen and oxygen atoms in total. The van der Waals surface area contributed by atoms with E-state index in [0.717, 1.165) is 56.0 Å². The van der Waals surface area contributed by atoms with E-state index >= 15 is 4.39 Å². The zero-order valence-electron chi connectivity index (χ0n) is 23.7. The average Bonchev–Trinajstić information content (AvgIpc) is 3.37. The summed E-state index contributed by atoms with van der Waals surface area (Å²) in [7, 11) is 3.93. The van der Waals surface area contributed by atoms with Gasteiger partial charge in [0.25, 0.3) is 5.91 Å². The van der Waals surface area contributed by atoms with E-state index in [1.165, 1.54) is 0 Å². The lowest BCUT2D eigenvalue weighted by atomic mass is 10.0. The van der Waals surface area contributed by atoms with Crippen LogP contribution >= 0.6 is 0 Å². The topological polar surface area (TPSA) is 117 Å². The third kappa shape index (κ3) is 6.87. The van der Waals surface area contributed by atoms with Crippen molar-refractivity contribution in [1.29, 1.82) is 0 Å². The van der Waals surface area contributed by atoms with Crippen molar-refractivity contribution in [1.82, 2.24) is 29.5 Å². The molecule has 5 rings (SSSR count).